The minimum Gasteiger partial charge on any atom is -0.489 e. The summed E-state index contributed by atoms with van der Waals surface area (Å²) < 4.78 is 45.7. The van der Waals surface area contributed by atoms with Crippen LogP contribution < -0.4 is 9.47 Å². The van der Waals surface area contributed by atoms with Crippen LogP contribution in [0.25, 0.3) is 5.57 Å². The van der Waals surface area contributed by atoms with Crippen LogP contribution in [0, 0.1) is 0 Å². The van der Waals surface area contributed by atoms with Gasteiger partial charge in [0.15, 0.2) is 5.78 Å². The summed E-state index contributed by atoms with van der Waals surface area (Å²) in [7, 11) is -4.59. The highest BCUT2D eigenvalue weighted by atomic mass is 32.2. The molecule has 1 N–H and O–H groups in total. The van der Waals surface area contributed by atoms with E-state index < -0.39 is 15.0 Å². The van der Waals surface area contributed by atoms with Gasteiger partial charge in [0, 0.05) is 17.2 Å². The fourth-order valence-corrected chi connectivity index (χ4v) is 4.99. The van der Waals surface area contributed by atoms with E-state index in [0.717, 1.165) is 27.8 Å². The SMILES string of the molecule is C=C(c1ccccc1)c1ccc(COc2ccc(OCc3ccc(C(=O)c4ccccc4)cc3)c(S(=O)(=O)O)c2)cc1. The molecular weight excluding hydrogens is 548 g/mol. The number of carbonyl (C=O) groups excluding carboxylic acids is 1. The number of hydrogen-bond donors (Lipinski definition) is 1. The Bertz CT molecular complexity index is 1800. The quantitative estimate of drug-likeness (QED) is 0.130. The van der Waals surface area contributed by atoms with Gasteiger partial charge in [-0.05, 0) is 40.0 Å². The number of carbonyl (C=O) groups is 1. The maximum absolute atomic E-state index is 12.6. The number of ketones is 1. The van der Waals surface area contributed by atoms with Gasteiger partial charge in [0.25, 0.3) is 10.1 Å². The van der Waals surface area contributed by atoms with E-state index in [0.29, 0.717) is 11.1 Å². The maximum Gasteiger partial charge on any atom is 0.298 e. The number of benzene rings is 5. The summed E-state index contributed by atoms with van der Waals surface area (Å²) >= 11 is 0. The van der Waals surface area contributed by atoms with Gasteiger partial charge < -0.3 is 9.47 Å². The van der Waals surface area contributed by atoms with Crippen LogP contribution in [-0.4, -0.2) is 18.8 Å². The van der Waals surface area contributed by atoms with E-state index >= 15 is 0 Å². The first-order valence-electron chi connectivity index (χ1n) is 13.2. The minimum atomic E-state index is -4.59. The first-order chi connectivity index (χ1) is 20.3. The summed E-state index contributed by atoms with van der Waals surface area (Å²) in [5.41, 5.74) is 5.65. The summed E-state index contributed by atoms with van der Waals surface area (Å²) in [4.78, 5) is 12.2. The zero-order valence-corrected chi connectivity index (χ0v) is 23.5. The standard InChI is InChI=1S/C35H28O6S/c1-25(28-8-4-2-5-9-28)29-16-12-26(13-17-29)23-40-32-20-21-33(34(22-32)42(37,38)39)41-24-27-14-18-31(19-15-27)35(36)30-10-6-3-7-11-30/h2-22H,1,23-24H2,(H,37,38,39). The molecule has 0 spiro atoms. The molecule has 5 aromatic rings. The molecule has 5 aromatic carbocycles. The third-order valence-corrected chi connectivity index (χ3v) is 7.54. The summed E-state index contributed by atoms with van der Waals surface area (Å²) in [5.74, 6) is 0.149. The van der Waals surface area contributed by atoms with Gasteiger partial charge in [-0.15, -0.1) is 0 Å². The van der Waals surface area contributed by atoms with Crippen LogP contribution >= 0.6 is 0 Å². The normalized spacial score (nSPS) is 11.1. The van der Waals surface area contributed by atoms with Crippen molar-refractivity contribution in [3.05, 3.63) is 167 Å². The molecule has 0 heterocycles. The minimum absolute atomic E-state index is 0.0157. The van der Waals surface area contributed by atoms with Crippen molar-refractivity contribution in [2.45, 2.75) is 18.1 Å². The topological polar surface area (TPSA) is 89.9 Å². The second-order valence-corrected chi connectivity index (χ2v) is 11.0. The predicted octanol–water partition coefficient (Wildman–Crippen LogP) is 7.38. The van der Waals surface area contributed by atoms with E-state index in [2.05, 4.69) is 6.58 Å². The van der Waals surface area contributed by atoms with Gasteiger partial charge in [-0.25, -0.2) is 0 Å². The fraction of sp³-hybridized carbons (Fsp3) is 0.0571. The van der Waals surface area contributed by atoms with Gasteiger partial charge in [-0.1, -0.05) is 116 Å². The molecule has 0 aromatic heterocycles. The highest BCUT2D eigenvalue weighted by Crippen LogP contribution is 2.30. The van der Waals surface area contributed by atoms with Crippen LogP contribution in [0.5, 0.6) is 11.5 Å². The van der Waals surface area contributed by atoms with E-state index in [-0.39, 0.29) is 30.5 Å². The van der Waals surface area contributed by atoms with Crippen molar-refractivity contribution < 1.29 is 27.2 Å². The lowest BCUT2D eigenvalue weighted by Gasteiger charge is -2.13. The third-order valence-electron chi connectivity index (χ3n) is 6.67. The van der Waals surface area contributed by atoms with Crippen LogP contribution in [0.1, 0.15) is 38.2 Å². The van der Waals surface area contributed by atoms with Crippen LogP contribution in [0.3, 0.4) is 0 Å². The molecule has 5 rings (SSSR count). The second-order valence-electron chi connectivity index (χ2n) is 9.59. The Morgan fingerprint density at radius 2 is 1.10 bits per heavy atom. The fourth-order valence-electron chi connectivity index (χ4n) is 4.34. The molecule has 210 valence electrons. The van der Waals surface area contributed by atoms with E-state index in [4.69, 9.17) is 9.47 Å². The van der Waals surface area contributed by atoms with Gasteiger partial charge in [0.2, 0.25) is 0 Å². The Labute approximate surface area is 245 Å². The summed E-state index contributed by atoms with van der Waals surface area (Å²) in [6.45, 7) is 4.40. The van der Waals surface area contributed by atoms with Crippen LogP contribution in [-0.2, 0) is 23.3 Å². The zero-order chi connectivity index (χ0) is 29.5. The number of hydrogen-bond acceptors (Lipinski definition) is 5. The van der Waals surface area contributed by atoms with Crippen LogP contribution in [0.2, 0.25) is 0 Å². The average Bonchev–Trinajstić information content (AvgIpc) is 3.03. The lowest BCUT2D eigenvalue weighted by Crippen LogP contribution is -2.06. The molecule has 0 saturated carbocycles. The van der Waals surface area contributed by atoms with Gasteiger partial charge in [0.05, 0.1) is 0 Å². The molecule has 0 saturated heterocycles. The Hall–Kier alpha value is -4.98. The summed E-state index contributed by atoms with van der Waals surface area (Å²) in [5, 5.41) is 0. The number of rotatable bonds is 11. The first kappa shape index (κ1) is 28.5. The van der Waals surface area contributed by atoms with Crippen molar-refractivity contribution in [1.29, 1.82) is 0 Å². The molecule has 7 heteroatoms. The van der Waals surface area contributed by atoms with E-state index in [1.807, 2.05) is 60.7 Å². The van der Waals surface area contributed by atoms with E-state index in [1.165, 1.54) is 12.1 Å². The highest BCUT2D eigenvalue weighted by Gasteiger charge is 2.19. The van der Waals surface area contributed by atoms with Gasteiger partial charge >= 0.3 is 0 Å². The van der Waals surface area contributed by atoms with Crippen molar-refractivity contribution in [3.63, 3.8) is 0 Å². The third kappa shape index (κ3) is 7.01. The van der Waals surface area contributed by atoms with Crippen molar-refractivity contribution in [2.24, 2.45) is 0 Å². The van der Waals surface area contributed by atoms with Gasteiger partial charge in [0.1, 0.15) is 29.6 Å². The Balaban J connectivity index is 1.22. The smallest absolute Gasteiger partial charge is 0.298 e. The molecule has 0 aliphatic heterocycles. The van der Waals surface area contributed by atoms with Crippen molar-refractivity contribution in [2.75, 3.05) is 0 Å². The summed E-state index contributed by atoms with van der Waals surface area (Å²) in [6, 6.07) is 37.7. The zero-order valence-electron chi connectivity index (χ0n) is 22.6. The predicted molar refractivity (Wildman–Crippen MR) is 162 cm³/mol. The molecule has 42 heavy (non-hydrogen) atoms. The number of ether oxygens (including phenoxy) is 2. The van der Waals surface area contributed by atoms with Crippen LogP contribution in [0.15, 0.2) is 139 Å². The van der Waals surface area contributed by atoms with Crippen molar-refractivity contribution in [3.8, 4) is 11.5 Å². The molecule has 0 fully saturated rings. The maximum atomic E-state index is 12.6. The Morgan fingerprint density at radius 3 is 1.67 bits per heavy atom. The first-order valence-corrected chi connectivity index (χ1v) is 14.6. The van der Waals surface area contributed by atoms with Crippen molar-refractivity contribution in [1.82, 2.24) is 0 Å². The molecule has 0 atom stereocenters. The monoisotopic (exact) mass is 576 g/mol. The highest BCUT2D eigenvalue weighted by molar-refractivity contribution is 7.86. The van der Waals surface area contributed by atoms with Gasteiger partial charge in [-0.3, -0.25) is 9.35 Å². The molecule has 0 aliphatic carbocycles. The summed E-state index contributed by atoms with van der Waals surface area (Å²) in [6.07, 6.45) is 0. The molecule has 0 aliphatic rings. The molecule has 0 amide bonds. The molecular formula is C35H28O6S. The molecule has 0 unspecified atom stereocenters. The average molecular weight is 577 g/mol. The van der Waals surface area contributed by atoms with Gasteiger partial charge in [-0.2, -0.15) is 8.42 Å². The van der Waals surface area contributed by atoms with E-state index in [9.17, 15) is 17.8 Å². The van der Waals surface area contributed by atoms with E-state index in [1.54, 1.807) is 54.6 Å². The molecule has 0 radical (unpaired) electrons. The Morgan fingerprint density at radius 1 is 0.619 bits per heavy atom. The Kier molecular flexibility index (Phi) is 8.62. The lowest BCUT2D eigenvalue weighted by atomic mass is 9.99. The van der Waals surface area contributed by atoms with Crippen LogP contribution in [0.4, 0.5) is 0 Å². The molecule has 6 nitrogen and oxygen atoms in total. The second kappa shape index (κ2) is 12.7. The largest absolute Gasteiger partial charge is 0.489 e. The lowest BCUT2D eigenvalue weighted by molar-refractivity contribution is 0.103. The molecule has 0 bridgehead atoms. The van der Waals surface area contributed by atoms with Crippen molar-refractivity contribution >= 4 is 21.5 Å².